The molecule has 3 amide bonds. The van der Waals surface area contributed by atoms with Gasteiger partial charge in [-0.2, -0.15) is 0 Å². The Hall–Kier alpha value is -2.15. The lowest BCUT2D eigenvalue weighted by Crippen LogP contribution is -2.46. The second kappa shape index (κ2) is 6.85. The zero-order valence-corrected chi connectivity index (χ0v) is 11.6. The molecule has 0 heterocycles. The molecule has 0 aliphatic carbocycles. The van der Waals surface area contributed by atoms with Gasteiger partial charge in [0.2, 0.25) is 5.91 Å². The number of benzene rings is 1. The molecule has 1 aromatic carbocycles. The van der Waals surface area contributed by atoms with Gasteiger partial charge in [0, 0.05) is 6.54 Å². The highest BCUT2D eigenvalue weighted by Crippen LogP contribution is 2.18. The molecular formula is C13H18FN3O3. The molecular weight excluding hydrogens is 265 g/mol. The van der Waals surface area contributed by atoms with Gasteiger partial charge in [0.15, 0.2) is 11.6 Å². The van der Waals surface area contributed by atoms with E-state index in [9.17, 15) is 14.0 Å². The van der Waals surface area contributed by atoms with E-state index >= 15 is 0 Å². The number of nitrogens with zero attached hydrogens (tertiary/aromatic N) is 1. The number of imide groups is 1. The van der Waals surface area contributed by atoms with Crippen LogP contribution in [-0.2, 0) is 11.3 Å². The summed E-state index contributed by atoms with van der Waals surface area (Å²) in [5.41, 5.74) is 5.57. The van der Waals surface area contributed by atoms with Crippen LogP contribution in [0.5, 0.6) is 5.75 Å². The Bertz CT molecular complexity index is 508. The molecule has 0 saturated carbocycles. The van der Waals surface area contributed by atoms with Crippen molar-refractivity contribution in [1.29, 1.82) is 0 Å². The summed E-state index contributed by atoms with van der Waals surface area (Å²) in [4.78, 5) is 23.9. The van der Waals surface area contributed by atoms with Crippen LogP contribution in [0.2, 0.25) is 0 Å². The molecule has 0 saturated heterocycles. The van der Waals surface area contributed by atoms with Crippen molar-refractivity contribution in [1.82, 2.24) is 10.2 Å². The van der Waals surface area contributed by atoms with Gasteiger partial charge in [-0.25, -0.2) is 9.18 Å². The Morgan fingerprint density at radius 3 is 2.65 bits per heavy atom. The molecule has 20 heavy (non-hydrogen) atoms. The van der Waals surface area contributed by atoms with E-state index in [1.165, 1.54) is 19.2 Å². The highest BCUT2D eigenvalue weighted by Gasteiger charge is 2.19. The number of carbonyl (C=O) groups excluding carboxylic acids is 2. The minimum Gasteiger partial charge on any atom is -0.494 e. The van der Waals surface area contributed by atoms with Gasteiger partial charge in [-0.1, -0.05) is 6.07 Å². The summed E-state index contributed by atoms with van der Waals surface area (Å²) >= 11 is 0. The number of amides is 3. The maximum atomic E-state index is 13.5. The fourth-order valence-electron chi connectivity index (χ4n) is 1.66. The van der Waals surface area contributed by atoms with Gasteiger partial charge in [0.25, 0.3) is 0 Å². The van der Waals surface area contributed by atoms with Crippen molar-refractivity contribution in [3.63, 3.8) is 0 Å². The number of hydrogen-bond acceptors (Lipinski definition) is 4. The molecule has 0 aliphatic heterocycles. The van der Waals surface area contributed by atoms with E-state index < -0.39 is 23.8 Å². The Labute approximate surface area is 116 Å². The number of urea groups is 1. The van der Waals surface area contributed by atoms with Crippen molar-refractivity contribution in [2.75, 3.05) is 14.2 Å². The summed E-state index contributed by atoms with van der Waals surface area (Å²) in [5, 5.41) is 2.00. The average molecular weight is 283 g/mol. The van der Waals surface area contributed by atoms with Gasteiger partial charge in [-0.15, -0.1) is 0 Å². The molecule has 0 radical (unpaired) electrons. The number of rotatable bonds is 5. The van der Waals surface area contributed by atoms with Crippen LogP contribution < -0.4 is 15.8 Å². The lowest BCUT2D eigenvalue weighted by Gasteiger charge is -2.23. The third-order valence-electron chi connectivity index (χ3n) is 2.94. The Morgan fingerprint density at radius 1 is 1.50 bits per heavy atom. The quantitative estimate of drug-likeness (QED) is 0.839. The number of carbonyl (C=O) groups is 2. The zero-order valence-electron chi connectivity index (χ0n) is 11.6. The smallest absolute Gasteiger partial charge is 0.318 e. The average Bonchev–Trinajstić information content (AvgIpc) is 2.37. The molecule has 7 heteroatoms. The van der Waals surface area contributed by atoms with Crippen LogP contribution in [-0.4, -0.2) is 37.0 Å². The Kier molecular flexibility index (Phi) is 5.45. The number of primary amides is 1. The Morgan fingerprint density at radius 2 is 2.15 bits per heavy atom. The van der Waals surface area contributed by atoms with Crippen LogP contribution in [0.15, 0.2) is 18.2 Å². The molecule has 0 aromatic heterocycles. The standard InChI is InChI=1S/C13H18FN3O3/c1-8(12(18)16-13(15)19)17(2)7-9-4-5-11(20-3)10(14)6-9/h4-6,8H,7H2,1-3H3,(H3,15,16,18,19)/t8-/m0/s1. The van der Waals surface area contributed by atoms with Crippen LogP contribution in [0.25, 0.3) is 0 Å². The van der Waals surface area contributed by atoms with Crippen LogP contribution >= 0.6 is 0 Å². The summed E-state index contributed by atoms with van der Waals surface area (Å²) in [6.45, 7) is 1.96. The zero-order chi connectivity index (χ0) is 15.3. The minimum atomic E-state index is -0.897. The van der Waals surface area contributed by atoms with Crippen LogP contribution in [0, 0.1) is 5.82 Å². The lowest BCUT2D eigenvalue weighted by atomic mass is 10.1. The molecule has 1 atom stereocenters. The third kappa shape index (κ3) is 4.20. The topological polar surface area (TPSA) is 84.7 Å². The molecule has 0 aliphatic rings. The molecule has 1 aromatic rings. The van der Waals surface area contributed by atoms with Crippen molar-refractivity contribution in [2.45, 2.75) is 19.5 Å². The van der Waals surface area contributed by atoms with E-state index in [1.54, 1.807) is 24.9 Å². The molecule has 0 bridgehead atoms. The van der Waals surface area contributed by atoms with E-state index in [4.69, 9.17) is 10.5 Å². The summed E-state index contributed by atoms with van der Waals surface area (Å²) < 4.78 is 18.4. The first-order valence-electron chi connectivity index (χ1n) is 5.98. The van der Waals surface area contributed by atoms with E-state index in [-0.39, 0.29) is 5.75 Å². The summed E-state index contributed by atoms with van der Waals surface area (Å²) in [5.74, 6) is -0.808. The number of ether oxygens (including phenoxy) is 1. The van der Waals surface area contributed by atoms with Crippen molar-refractivity contribution >= 4 is 11.9 Å². The normalized spacial score (nSPS) is 12.1. The monoisotopic (exact) mass is 283 g/mol. The minimum absolute atomic E-state index is 0.163. The Balaban J connectivity index is 2.70. The fraction of sp³-hybridized carbons (Fsp3) is 0.385. The number of halogens is 1. The summed E-state index contributed by atoms with van der Waals surface area (Å²) in [7, 11) is 3.08. The highest BCUT2D eigenvalue weighted by molar-refractivity contribution is 5.96. The van der Waals surface area contributed by atoms with E-state index in [1.807, 2.05) is 5.32 Å². The second-order valence-electron chi connectivity index (χ2n) is 4.41. The largest absolute Gasteiger partial charge is 0.494 e. The molecule has 0 spiro atoms. The summed E-state index contributed by atoms with van der Waals surface area (Å²) in [6.07, 6.45) is 0. The lowest BCUT2D eigenvalue weighted by molar-refractivity contribution is -0.124. The van der Waals surface area contributed by atoms with E-state index in [2.05, 4.69) is 0 Å². The first-order chi connectivity index (χ1) is 9.35. The van der Waals surface area contributed by atoms with Crippen molar-refractivity contribution in [2.24, 2.45) is 5.73 Å². The number of hydrogen-bond donors (Lipinski definition) is 2. The van der Waals surface area contributed by atoms with Gasteiger partial charge >= 0.3 is 6.03 Å². The maximum Gasteiger partial charge on any atom is 0.318 e. The molecule has 1 rings (SSSR count). The third-order valence-corrected chi connectivity index (χ3v) is 2.94. The van der Waals surface area contributed by atoms with Gasteiger partial charge < -0.3 is 10.5 Å². The number of likely N-dealkylation sites (N-methyl/N-ethyl adjacent to an activating group) is 1. The van der Waals surface area contributed by atoms with Gasteiger partial charge in [0.05, 0.1) is 13.2 Å². The van der Waals surface area contributed by atoms with Gasteiger partial charge in [-0.05, 0) is 31.7 Å². The second-order valence-corrected chi connectivity index (χ2v) is 4.41. The highest BCUT2D eigenvalue weighted by atomic mass is 19.1. The van der Waals surface area contributed by atoms with Crippen LogP contribution in [0.4, 0.5) is 9.18 Å². The SMILES string of the molecule is COc1ccc(CN(C)[C@@H](C)C(=O)NC(N)=O)cc1F. The number of nitrogens with one attached hydrogen (secondary N) is 1. The first kappa shape index (κ1) is 15.9. The predicted octanol–water partition coefficient (Wildman–Crippen LogP) is 0.849. The maximum absolute atomic E-state index is 13.5. The van der Waals surface area contributed by atoms with E-state index in [0.29, 0.717) is 12.1 Å². The van der Waals surface area contributed by atoms with Crippen molar-refractivity contribution < 1.29 is 18.7 Å². The summed E-state index contributed by atoms with van der Waals surface area (Å²) in [6, 6.07) is 3.09. The molecule has 3 N–H and O–H groups in total. The van der Waals surface area contributed by atoms with E-state index in [0.717, 1.165) is 0 Å². The van der Waals surface area contributed by atoms with Crippen molar-refractivity contribution in [3.05, 3.63) is 29.6 Å². The molecule has 0 unspecified atom stereocenters. The molecule has 0 fully saturated rings. The molecule has 6 nitrogen and oxygen atoms in total. The molecule has 110 valence electrons. The van der Waals surface area contributed by atoms with Crippen molar-refractivity contribution in [3.8, 4) is 5.75 Å². The predicted molar refractivity (Wildman–Crippen MR) is 71.6 cm³/mol. The fourth-order valence-corrected chi connectivity index (χ4v) is 1.66. The van der Waals surface area contributed by atoms with Gasteiger partial charge in [-0.3, -0.25) is 15.0 Å². The van der Waals surface area contributed by atoms with Crippen LogP contribution in [0.3, 0.4) is 0 Å². The number of methoxy groups -OCH3 is 1. The number of nitrogens with two attached hydrogens (primary N) is 1. The first-order valence-corrected chi connectivity index (χ1v) is 5.98. The van der Waals surface area contributed by atoms with Crippen LogP contribution in [0.1, 0.15) is 12.5 Å². The van der Waals surface area contributed by atoms with Gasteiger partial charge in [0.1, 0.15) is 0 Å².